The summed E-state index contributed by atoms with van der Waals surface area (Å²) >= 11 is 0. The van der Waals surface area contributed by atoms with Crippen molar-refractivity contribution in [3.8, 4) is 0 Å². The molecule has 0 radical (unpaired) electrons. The summed E-state index contributed by atoms with van der Waals surface area (Å²) in [6, 6.07) is 10.4. The maximum Gasteiger partial charge on any atom is 0.131 e. The molecule has 5 atom stereocenters. The SMILES string of the molecule is C=CC1C[N+]2(C)CCC1CC2[C@H](O)c1ccnc2ccccc12. The molecule has 23 heavy (non-hydrogen) atoms. The number of aromatic nitrogens is 1. The predicted octanol–water partition coefficient (Wildman–Crippen LogP) is 3.31. The molecule has 2 bridgehead atoms. The van der Waals surface area contributed by atoms with Crippen LogP contribution in [-0.2, 0) is 0 Å². The van der Waals surface area contributed by atoms with E-state index < -0.39 is 6.10 Å². The molecule has 4 unspecified atom stereocenters. The first-order valence-electron chi connectivity index (χ1n) is 8.61. The van der Waals surface area contributed by atoms with Crippen LogP contribution in [0.1, 0.15) is 24.5 Å². The van der Waals surface area contributed by atoms with Crippen LogP contribution in [0.3, 0.4) is 0 Å². The van der Waals surface area contributed by atoms with Gasteiger partial charge in [0, 0.05) is 30.3 Å². The van der Waals surface area contributed by atoms with E-state index >= 15 is 0 Å². The Balaban J connectivity index is 1.72. The zero-order valence-electron chi connectivity index (χ0n) is 13.7. The van der Waals surface area contributed by atoms with Gasteiger partial charge in [-0.05, 0) is 23.6 Å². The number of piperidine rings is 3. The monoisotopic (exact) mass is 309 g/mol. The number of hydrogen-bond acceptors (Lipinski definition) is 2. The highest BCUT2D eigenvalue weighted by Crippen LogP contribution is 2.45. The minimum Gasteiger partial charge on any atom is -0.382 e. The Morgan fingerprint density at radius 2 is 2.17 bits per heavy atom. The molecule has 3 aliphatic heterocycles. The van der Waals surface area contributed by atoms with Gasteiger partial charge in [-0.25, -0.2) is 0 Å². The number of hydrogen-bond donors (Lipinski definition) is 1. The summed E-state index contributed by atoms with van der Waals surface area (Å²) < 4.78 is 0.963. The summed E-state index contributed by atoms with van der Waals surface area (Å²) in [5.41, 5.74) is 1.99. The second-order valence-corrected chi connectivity index (χ2v) is 7.50. The Bertz CT molecular complexity index is 738. The van der Waals surface area contributed by atoms with E-state index in [9.17, 15) is 5.11 Å². The Kier molecular flexibility index (Phi) is 3.51. The van der Waals surface area contributed by atoms with Crippen LogP contribution in [0.2, 0.25) is 0 Å². The number of para-hydroxylation sites is 1. The fraction of sp³-hybridized carbons (Fsp3) is 0.450. The minimum absolute atomic E-state index is 0.274. The summed E-state index contributed by atoms with van der Waals surface area (Å²) in [6.07, 6.45) is 5.87. The lowest BCUT2D eigenvalue weighted by Gasteiger charge is -2.56. The summed E-state index contributed by atoms with van der Waals surface area (Å²) in [6.45, 7) is 6.30. The minimum atomic E-state index is -0.429. The number of pyridine rings is 1. The van der Waals surface area contributed by atoms with Crippen molar-refractivity contribution in [3.63, 3.8) is 0 Å². The largest absolute Gasteiger partial charge is 0.382 e. The van der Waals surface area contributed by atoms with E-state index in [2.05, 4.69) is 30.8 Å². The van der Waals surface area contributed by atoms with Crippen LogP contribution < -0.4 is 0 Å². The number of quaternary nitrogens is 1. The molecule has 4 heterocycles. The molecule has 1 aromatic carbocycles. The molecule has 5 rings (SSSR count). The highest BCUT2D eigenvalue weighted by Gasteiger charge is 2.51. The fourth-order valence-electron chi connectivity index (χ4n) is 4.88. The van der Waals surface area contributed by atoms with Crippen LogP contribution in [0.15, 0.2) is 49.2 Å². The van der Waals surface area contributed by atoms with Crippen molar-refractivity contribution in [2.24, 2.45) is 11.8 Å². The second kappa shape index (κ2) is 5.43. The van der Waals surface area contributed by atoms with Crippen LogP contribution in [-0.4, -0.2) is 40.8 Å². The van der Waals surface area contributed by atoms with Crippen molar-refractivity contribution in [3.05, 3.63) is 54.7 Å². The van der Waals surface area contributed by atoms with Gasteiger partial charge in [0.05, 0.1) is 25.7 Å². The van der Waals surface area contributed by atoms with E-state index in [1.54, 1.807) is 0 Å². The number of nitrogens with zero attached hydrogens (tertiary/aromatic N) is 2. The molecular weight excluding hydrogens is 284 g/mol. The quantitative estimate of drug-likeness (QED) is 0.697. The molecule has 0 saturated carbocycles. The number of likely N-dealkylation sites (N-methyl/N-ethyl adjacent to an activating group) is 1. The lowest BCUT2D eigenvalue weighted by Crippen LogP contribution is -2.66. The predicted molar refractivity (Wildman–Crippen MR) is 92.8 cm³/mol. The maximum absolute atomic E-state index is 11.2. The third-order valence-electron chi connectivity index (χ3n) is 6.26. The normalized spacial score (nSPS) is 34.4. The fourth-order valence-corrected chi connectivity index (χ4v) is 4.88. The molecular formula is C20H25N2O+. The van der Waals surface area contributed by atoms with Crippen molar-refractivity contribution < 1.29 is 9.59 Å². The number of fused-ring (bicyclic) bond motifs is 4. The van der Waals surface area contributed by atoms with Crippen LogP contribution >= 0.6 is 0 Å². The Labute approximate surface area is 137 Å². The third kappa shape index (κ3) is 2.30. The summed E-state index contributed by atoms with van der Waals surface area (Å²) in [5, 5.41) is 12.3. The van der Waals surface area contributed by atoms with Gasteiger partial charge in [0.15, 0.2) is 0 Å². The zero-order valence-corrected chi connectivity index (χ0v) is 13.7. The van der Waals surface area contributed by atoms with Gasteiger partial charge in [-0.2, -0.15) is 0 Å². The lowest BCUT2D eigenvalue weighted by molar-refractivity contribution is -0.956. The van der Waals surface area contributed by atoms with Crippen molar-refractivity contribution in [1.82, 2.24) is 4.98 Å². The molecule has 3 nitrogen and oxygen atoms in total. The van der Waals surface area contributed by atoms with Gasteiger partial charge in [-0.1, -0.05) is 24.3 Å². The molecule has 120 valence electrons. The van der Waals surface area contributed by atoms with Crippen molar-refractivity contribution in [2.45, 2.75) is 25.0 Å². The van der Waals surface area contributed by atoms with Crippen LogP contribution in [0.25, 0.3) is 10.9 Å². The molecule has 0 amide bonds. The molecule has 0 aliphatic carbocycles. The first kappa shape index (κ1) is 14.9. The van der Waals surface area contributed by atoms with Gasteiger partial charge < -0.3 is 9.59 Å². The number of benzene rings is 1. The van der Waals surface area contributed by atoms with Gasteiger partial charge in [-0.3, -0.25) is 4.98 Å². The first-order chi connectivity index (χ1) is 11.1. The highest BCUT2D eigenvalue weighted by molar-refractivity contribution is 5.82. The van der Waals surface area contributed by atoms with E-state index in [4.69, 9.17) is 0 Å². The number of aliphatic hydroxyl groups is 1. The van der Waals surface area contributed by atoms with E-state index in [1.165, 1.54) is 13.0 Å². The number of rotatable bonds is 3. The van der Waals surface area contributed by atoms with E-state index in [0.717, 1.165) is 33.9 Å². The average molecular weight is 309 g/mol. The standard InChI is InChI=1S/C20H25N2O/c1-3-14-13-22(2)11-9-15(14)12-19(22)20(23)17-8-10-21-18-7-5-4-6-16(17)18/h3-8,10,14-15,19-20,23H,1,9,11-13H2,2H3/q+1/t14?,15?,19?,20-,22?/m1/s1. The van der Waals surface area contributed by atoms with Crippen LogP contribution in [0.4, 0.5) is 0 Å². The van der Waals surface area contributed by atoms with E-state index in [1.807, 2.05) is 30.5 Å². The summed E-state index contributed by atoms with van der Waals surface area (Å²) in [4.78, 5) is 4.43. The van der Waals surface area contributed by atoms with Crippen LogP contribution in [0, 0.1) is 11.8 Å². The molecule has 3 aliphatic rings. The zero-order chi connectivity index (χ0) is 16.0. The first-order valence-corrected chi connectivity index (χ1v) is 8.61. The summed E-state index contributed by atoms with van der Waals surface area (Å²) in [7, 11) is 2.31. The Hall–Kier alpha value is -1.71. The van der Waals surface area contributed by atoms with E-state index in [-0.39, 0.29) is 6.04 Å². The lowest BCUT2D eigenvalue weighted by atomic mass is 9.72. The molecule has 0 spiro atoms. The topological polar surface area (TPSA) is 33.1 Å². The van der Waals surface area contributed by atoms with Crippen molar-refractivity contribution in [1.29, 1.82) is 0 Å². The molecule has 1 aromatic heterocycles. The maximum atomic E-state index is 11.2. The molecule has 1 N–H and O–H groups in total. The van der Waals surface area contributed by atoms with Crippen LogP contribution in [0.5, 0.6) is 0 Å². The van der Waals surface area contributed by atoms with Gasteiger partial charge in [0.1, 0.15) is 12.1 Å². The van der Waals surface area contributed by atoms with Gasteiger partial charge >= 0.3 is 0 Å². The van der Waals surface area contributed by atoms with Crippen molar-refractivity contribution in [2.75, 3.05) is 20.1 Å². The second-order valence-electron chi connectivity index (χ2n) is 7.50. The van der Waals surface area contributed by atoms with Gasteiger partial charge in [-0.15, -0.1) is 6.58 Å². The van der Waals surface area contributed by atoms with E-state index in [0.29, 0.717) is 11.8 Å². The Morgan fingerprint density at radius 3 is 2.96 bits per heavy atom. The molecule has 2 aromatic rings. The van der Waals surface area contributed by atoms with Gasteiger partial charge in [0.25, 0.3) is 0 Å². The van der Waals surface area contributed by atoms with Crippen molar-refractivity contribution >= 4 is 10.9 Å². The number of aliphatic hydroxyl groups excluding tert-OH is 1. The molecule has 3 saturated heterocycles. The average Bonchev–Trinajstić information content (AvgIpc) is 2.60. The van der Waals surface area contributed by atoms with Gasteiger partial charge in [0.2, 0.25) is 0 Å². The molecule has 3 fully saturated rings. The smallest absolute Gasteiger partial charge is 0.131 e. The molecule has 3 heteroatoms. The Morgan fingerprint density at radius 1 is 1.35 bits per heavy atom. The third-order valence-corrected chi connectivity index (χ3v) is 6.26. The summed E-state index contributed by atoms with van der Waals surface area (Å²) in [5.74, 6) is 1.28. The highest BCUT2D eigenvalue weighted by atomic mass is 16.3.